The van der Waals surface area contributed by atoms with E-state index in [0.29, 0.717) is 31.3 Å². The zero-order valence-electron chi connectivity index (χ0n) is 17.5. The van der Waals surface area contributed by atoms with Gasteiger partial charge in [0.15, 0.2) is 0 Å². The lowest BCUT2D eigenvalue weighted by Gasteiger charge is -2.27. The van der Waals surface area contributed by atoms with Gasteiger partial charge in [0, 0.05) is 19.3 Å². The second-order valence-electron chi connectivity index (χ2n) is 7.76. The number of fused-ring (bicyclic) bond motifs is 1. The van der Waals surface area contributed by atoms with Crippen LogP contribution in [0.5, 0.6) is 0 Å². The lowest BCUT2D eigenvalue weighted by Crippen LogP contribution is -2.40. The van der Waals surface area contributed by atoms with E-state index in [-0.39, 0.29) is 22.1 Å². The average Bonchev–Trinajstić information content (AvgIpc) is 2.80. The molecule has 1 aliphatic carbocycles. The minimum Gasteiger partial charge on any atom is -0.379 e. The van der Waals surface area contributed by atoms with E-state index in [1.807, 2.05) is 19.1 Å². The summed E-state index contributed by atoms with van der Waals surface area (Å²) in [5, 5.41) is 3.45. The first kappa shape index (κ1) is 22.3. The van der Waals surface area contributed by atoms with Gasteiger partial charge in [-0.2, -0.15) is 4.31 Å². The standard InChI is InChI=1S/C22H27N3O4S2/c1-16(22(26)24-20-8-4-6-17-5-2-3-7-19(17)20)30-21-10-9-18(15-23-21)31(27,28)25-11-13-29-14-12-25/h2-3,5,7,9-10,15-16,20H,4,6,8,11-14H2,1H3,(H,24,26)/t16-,20+/m1/s1. The number of hydrogen-bond acceptors (Lipinski definition) is 6. The molecule has 2 heterocycles. The van der Waals surface area contributed by atoms with Gasteiger partial charge in [-0.3, -0.25) is 4.79 Å². The van der Waals surface area contributed by atoms with E-state index >= 15 is 0 Å². The second kappa shape index (κ2) is 9.68. The summed E-state index contributed by atoms with van der Waals surface area (Å²) in [4.78, 5) is 17.2. The normalized spacial score (nSPS) is 20.6. The quantitative estimate of drug-likeness (QED) is 0.666. The molecule has 31 heavy (non-hydrogen) atoms. The summed E-state index contributed by atoms with van der Waals surface area (Å²) in [5.41, 5.74) is 2.51. The molecular formula is C22H27N3O4S2. The summed E-state index contributed by atoms with van der Waals surface area (Å²) in [6.45, 7) is 3.34. The number of carbonyl (C=O) groups excluding carboxylic acids is 1. The van der Waals surface area contributed by atoms with E-state index in [2.05, 4.69) is 22.4 Å². The molecule has 2 atom stereocenters. The van der Waals surface area contributed by atoms with Gasteiger partial charge in [-0.25, -0.2) is 13.4 Å². The molecule has 0 spiro atoms. The number of ether oxygens (including phenoxy) is 1. The van der Waals surface area contributed by atoms with Crippen LogP contribution in [0.3, 0.4) is 0 Å². The molecule has 0 saturated carbocycles. The summed E-state index contributed by atoms with van der Waals surface area (Å²) in [6, 6.07) is 11.5. The van der Waals surface area contributed by atoms with Gasteiger partial charge < -0.3 is 10.1 Å². The van der Waals surface area contributed by atoms with Crippen LogP contribution in [0.1, 0.15) is 36.9 Å². The number of aryl methyl sites for hydroxylation is 1. The fraction of sp³-hybridized carbons (Fsp3) is 0.455. The molecule has 7 nitrogen and oxygen atoms in total. The summed E-state index contributed by atoms with van der Waals surface area (Å²) in [6.07, 6.45) is 4.42. The smallest absolute Gasteiger partial charge is 0.244 e. The van der Waals surface area contributed by atoms with E-state index in [1.54, 1.807) is 12.1 Å². The van der Waals surface area contributed by atoms with Crippen LogP contribution in [-0.2, 0) is 26.0 Å². The van der Waals surface area contributed by atoms with E-state index in [0.717, 1.165) is 19.3 Å². The van der Waals surface area contributed by atoms with E-state index in [4.69, 9.17) is 4.74 Å². The molecule has 2 aromatic rings. The molecule has 1 saturated heterocycles. The van der Waals surface area contributed by atoms with Gasteiger partial charge in [0.1, 0.15) is 4.90 Å². The molecule has 166 valence electrons. The summed E-state index contributed by atoms with van der Waals surface area (Å²) >= 11 is 1.32. The number of rotatable bonds is 6. The Bertz CT molecular complexity index is 1020. The lowest BCUT2D eigenvalue weighted by atomic mass is 9.88. The molecule has 2 aliphatic rings. The fourth-order valence-corrected chi connectivity index (χ4v) is 6.10. The summed E-state index contributed by atoms with van der Waals surface area (Å²) < 4.78 is 32.1. The predicted molar refractivity (Wildman–Crippen MR) is 119 cm³/mol. The Labute approximate surface area is 187 Å². The number of pyridine rings is 1. The molecule has 0 bridgehead atoms. The second-order valence-corrected chi connectivity index (χ2v) is 11.1. The number of amides is 1. The average molecular weight is 462 g/mol. The van der Waals surface area contributed by atoms with Crippen molar-refractivity contribution in [1.82, 2.24) is 14.6 Å². The molecule has 0 unspecified atom stereocenters. The maximum absolute atomic E-state index is 12.8. The highest BCUT2D eigenvalue weighted by atomic mass is 32.2. The highest BCUT2D eigenvalue weighted by molar-refractivity contribution is 8.00. The van der Waals surface area contributed by atoms with Gasteiger partial charge >= 0.3 is 0 Å². The molecule has 1 aromatic carbocycles. The fourth-order valence-electron chi connectivity index (χ4n) is 3.95. The highest BCUT2D eigenvalue weighted by Crippen LogP contribution is 2.30. The van der Waals surface area contributed by atoms with Crippen molar-refractivity contribution in [3.63, 3.8) is 0 Å². The van der Waals surface area contributed by atoms with E-state index in [9.17, 15) is 13.2 Å². The Kier molecular flexibility index (Phi) is 6.95. The van der Waals surface area contributed by atoms with Gasteiger partial charge in [0.05, 0.1) is 29.5 Å². The maximum Gasteiger partial charge on any atom is 0.244 e. The lowest BCUT2D eigenvalue weighted by molar-refractivity contribution is -0.121. The number of morpholine rings is 1. The monoisotopic (exact) mass is 461 g/mol. The van der Waals surface area contributed by atoms with Crippen LogP contribution in [0.15, 0.2) is 52.5 Å². The molecule has 1 fully saturated rings. The summed E-state index contributed by atoms with van der Waals surface area (Å²) in [5.74, 6) is -0.0430. The number of thioether (sulfide) groups is 1. The molecule has 4 rings (SSSR count). The third-order valence-corrected chi connectivity index (χ3v) is 8.60. The minimum absolute atomic E-state index is 0.0366. The van der Waals surface area contributed by atoms with Gasteiger partial charge in [-0.15, -0.1) is 0 Å². The SMILES string of the molecule is C[C@@H](Sc1ccc(S(=O)(=O)N2CCOCC2)cn1)C(=O)N[C@H]1CCCc2ccccc21. The van der Waals surface area contributed by atoms with Crippen molar-refractivity contribution >= 4 is 27.7 Å². The first-order chi connectivity index (χ1) is 14.9. The van der Waals surface area contributed by atoms with Crippen LogP contribution in [0.4, 0.5) is 0 Å². The number of carbonyl (C=O) groups is 1. The van der Waals surface area contributed by atoms with Crippen LogP contribution in [0.2, 0.25) is 0 Å². The van der Waals surface area contributed by atoms with Crippen molar-refractivity contribution in [3.05, 3.63) is 53.7 Å². The maximum atomic E-state index is 12.8. The van der Waals surface area contributed by atoms with Crippen molar-refractivity contribution in [2.75, 3.05) is 26.3 Å². The first-order valence-corrected chi connectivity index (χ1v) is 12.9. The number of aromatic nitrogens is 1. The molecule has 9 heteroatoms. The van der Waals surface area contributed by atoms with Crippen LogP contribution < -0.4 is 5.32 Å². The van der Waals surface area contributed by atoms with Crippen molar-refractivity contribution in [2.24, 2.45) is 0 Å². The molecule has 0 radical (unpaired) electrons. The van der Waals surface area contributed by atoms with Crippen LogP contribution in [0.25, 0.3) is 0 Å². The predicted octanol–water partition coefficient (Wildman–Crippen LogP) is 2.78. The Balaban J connectivity index is 1.37. The zero-order valence-corrected chi connectivity index (χ0v) is 19.1. The van der Waals surface area contributed by atoms with Crippen LogP contribution in [-0.4, -0.2) is 55.2 Å². The highest BCUT2D eigenvalue weighted by Gasteiger charge is 2.27. The number of hydrogen-bond donors (Lipinski definition) is 1. The van der Waals surface area contributed by atoms with Crippen LogP contribution >= 0.6 is 11.8 Å². The largest absolute Gasteiger partial charge is 0.379 e. The molecular weight excluding hydrogens is 434 g/mol. The first-order valence-electron chi connectivity index (χ1n) is 10.5. The number of nitrogens with zero attached hydrogens (tertiary/aromatic N) is 2. The van der Waals surface area contributed by atoms with Gasteiger partial charge in [0.25, 0.3) is 0 Å². The Hall–Kier alpha value is -1.94. The van der Waals surface area contributed by atoms with Gasteiger partial charge in [-0.1, -0.05) is 36.0 Å². The zero-order chi connectivity index (χ0) is 21.8. The van der Waals surface area contributed by atoms with Gasteiger partial charge in [0.2, 0.25) is 15.9 Å². The summed E-state index contributed by atoms with van der Waals surface area (Å²) in [7, 11) is -3.57. The van der Waals surface area contributed by atoms with Crippen molar-refractivity contribution in [2.45, 2.75) is 47.4 Å². The van der Waals surface area contributed by atoms with Gasteiger partial charge in [-0.05, 0) is 49.4 Å². The molecule has 1 amide bonds. The Morgan fingerprint density at radius 2 is 2.00 bits per heavy atom. The van der Waals surface area contributed by atoms with Crippen molar-refractivity contribution < 1.29 is 17.9 Å². The third-order valence-electron chi connectivity index (χ3n) is 5.67. The third kappa shape index (κ3) is 5.11. The van der Waals surface area contributed by atoms with Crippen molar-refractivity contribution in [3.8, 4) is 0 Å². The van der Waals surface area contributed by atoms with E-state index in [1.165, 1.54) is 33.4 Å². The number of benzene rings is 1. The topological polar surface area (TPSA) is 88.6 Å². The Morgan fingerprint density at radius 3 is 2.74 bits per heavy atom. The molecule has 1 aliphatic heterocycles. The number of nitrogens with one attached hydrogen (secondary N) is 1. The van der Waals surface area contributed by atoms with E-state index < -0.39 is 10.0 Å². The van der Waals surface area contributed by atoms with Crippen LogP contribution in [0, 0.1) is 0 Å². The Morgan fingerprint density at radius 1 is 1.23 bits per heavy atom. The minimum atomic E-state index is -3.57. The molecule has 1 aromatic heterocycles. The number of sulfonamides is 1. The van der Waals surface area contributed by atoms with Crippen molar-refractivity contribution in [1.29, 1.82) is 0 Å². The molecule has 1 N–H and O–H groups in total.